The summed E-state index contributed by atoms with van der Waals surface area (Å²) in [6, 6.07) is 0. The molecule has 1 aliphatic carbocycles. The van der Waals surface area contributed by atoms with E-state index in [0.717, 1.165) is 32.3 Å². The Labute approximate surface area is 112 Å². The highest BCUT2D eigenvalue weighted by Gasteiger charge is 2.45. The molecule has 4 nitrogen and oxygen atoms in total. The van der Waals surface area contributed by atoms with Crippen molar-refractivity contribution in [3.63, 3.8) is 0 Å². The second-order valence-corrected chi connectivity index (χ2v) is 6.58. The SMILES string of the molecule is CCCCOCCS(=O)CC1(CC(=O)OC)CC1. The molecule has 1 fully saturated rings. The van der Waals surface area contributed by atoms with Gasteiger partial charge in [-0.2, -0.15) is 0 Å². The smallest absolute Gasteiger partial charge is 0.306 e. The van der Waals surface area contributed by atoms with Crippen LogP contribution in [-0.4, -0.2) is 42.0 Å². The van der Waals surface area contributed by atoms with E-state index in [1.54, 1.807) is 0 Å². The van der Waals surface area contributed by atoms with Gasteiger partial charge < -0.3 is 9.47 Å². The maximum absolute atomic E-state index is 11.9. The van der Waals surface area contributed by atoms with Crippen LogP contribution in [0, 0.1) is 5.41 Å². The fourth-order valence-corrected chi connectivity index (χ4v) is 3.36. The highest BCUT2D eigenvalue weighted by molar-refractivity contribution is 7.85. The predicted molar refractivity (Wildman–Crippen MR) is 71.9 cm³/mol. The quantitative estimate of drug-likeness (QED) is 0.452. The second-order valence-electron chi connectivity index (χ2n) is 5.01. The van der Waals surface area contributed by atoms with Gasteiger partial charge in [-0.25, -0.2) is 0 Å². The lowest BCUT2D eigenvalue weighted by Crippen LogP contribution is -2.20. The van der Waals surface area contributed by atoms with Crippen molar-refractivity contribution in [2.24, 2.45) is 5.41 Å². The molecule has 1 aliphatic rings. The number of hydrogen-bond acceptors (Lipinski definition) is 4. The molecule has 0 N–H and O–H groups in total. The largest absolute Gasteiger partial charge is 0.469 e. The number of unbranched alkanes of at least 4 members (excludes halogenated alkanes) is 1. The van der Waals surface area contributed by atoms with E-state index in [1.165, 1.54) is 7.11 Å². The fourth-order valence-electron chi connectivity index (χ4n) is 1.84. The Morgan fingerprint density at radius 3 is 2.61 bits per heavy atom. The van der Waals surface area contributed by atoms with Gasteiger partial charge in [-0.1, -0.05) is 13.3 Å². The summed E-state index contributed by atoms with van der Waals surface area (Å²) in [5.74, 6) is 0.995. The van der Waals surface area contributed by atoms with Crippen LogP contribution >= 0.6 is 0 Å². The molecule has 0 amide bonds. The minimum absolute atomic E-state index is 0.0403. The first-order valence-electron chi connectivity index (χ1n) is 6.61. The lowest BCUT2D eigenvalue weighted by atomic mass is 10.1. The fraction of sp³-hybridized carbons (Fsp3) is 0.923. The van der Waals surface area contributed by atoms with Gasteiger partial charge in [-0.3, -0.25) is 9.00 Å². The summed E-state index contributed by atoms with van der Waals surface area (Å²) in [4.78, 5) is 11.2. The van der Waals surface area contributed by atoms with Crippen LogP contribution in [0.15, 0.2) is 0 Å². The van der Waals surface area contributed by atoms with Crippen LogP contribution < -0.4 is 0 Å². The number of carbonyl (C=O) groups is 1. The highest BCUT2D eigenvalue weighted by atomic mass is 32.2. The molecule has 0 radical (unpaired) electrons. The van der Waals surface area contributed by atoms with Gasteiger partial charge in [0.25, 0.3) is 0 Å². The van der Waals surface area contributed by atoms with E-state index >= 15 is 0 Å². The van der Waals surface area contributed by atoms with Crippen LogP contribution in [0.1, 0.15) is 39.0 Å². The van der Waals surface area contributed by atoms with Crippen LogP contribution in [0.25, 0.3) is 0 Å². The minimum Gasteiger partial charge on any atom is -0.469 e. The summed E-state index contributed by atoms with van der Waals surface area (Å²) >= 11 is 0. The Hall–Kier alpha value is -0.420. The second kappa shape index (κ2) is 7.89. The molecule has 0 aromatic rings. The third-order valence-electron chi connectivity index (χ3n) is 3.27. The lowest BCUT2D eigenvalue weighted by Gasteiger charge is -2.13. The zero-order valence-corrected chi connectivity index (χ0v) is 12.2. The maximum atomic E-state index is 11.9. The maximum Gasteiger partial charge on any atom is 0.306 e. The van der Waals surface area contributed by atoms with E-state index in [2.05, 4.69) is 11.7 Å². The molecule has 0 bridgehead atoms. The van der Waals surface area contributed by atoms with Crippen LogP contribution in [0.2, 0.25) is 0 Å². The van der Waals surface area contributed by atoms with Gasteiger partial charge in [-0.15, -0.1) is 0 Å². The monoisotopic (exact) mass is 276 g/mol. The summed E-state index contributed by atoms with van der Waals surface area (Å²) in [5, 5.41) is 0. The van der Waals surface area contributed by atoms with Crippen molar-refractivity contribution in [1.82, 2.24) is 0 Å². The van der Waals surface area contributed by atoms with E-state index in [9.17, 15) is 9.00 Å². The molecule has 18 heavy (non-hydrogen) atoms. The van der Waals surface area contributed by atoms with Gasteiger partial charge in [0.2, 0.25) is 0 Å². The van der Waals surface area contributed by atoms with Crippen molar-refractivity contribution in [1.29, 1.82) is 0 Å². The third kappa shape index (κ3) is 5.96. The van der Waals surface area contributed by atoms with Gasteiger partial charge in [0.1, 0.15) is 0 Å². The van der Waals surface area contributed by atoms with Crippen LogP contribution in [-0.2, 0) is 25.1 Å². The third-order valence-corrected chi connectivity index (χ3v) is 4.83. The standard InChI is InChI=1S/C13H24O4S/c1-3-4-7-17-8-9-18(15)11-13(5-6-13)10-12(14)16-2/h3-11H2,1-2H3. The Balaban J connectivity index is 2.14. The summed E-state index contributed by atoms with van der Waals surface area (Å²) in [5.41, 5.74) is -0.0403. The normalized spacial score (nSPS) is 18.3. The minimum atomic E-state index is -0.884. The summed E-state index contributed by atoms with van der Waals surface area (Å²) in [6.45, 7) is 3.42. The van der Waals surface area contributed by atoms with Gasteiger partial charge in [0.05, 0.1) is 20.1 Å². The Morgan fingerprint density at radius 2 is 2.06 bits per heavy atom. The first-order valence-corrected chi connectivity index (χ1v) is 8.10. The predicted octanol–water partition coefficient (Wildman–Crippen LogP) is 1.90. The molecule has 0 aromatic carbocycles. The van der Waals surface area contributed by atoms with Crippen molar-refractivity contribution in [2.45, 2.75) is 39.0 Å². The summed E-state index contributed by atoms with van der Waals surface area (Å²) in [7, 11) is 0.516. The average molecular weight is 276 g/mol. The molecular weight excluding hydrogens is 252 g/mol. The number of methoxy groups -OCH3 is 1. The number of esters is 1. The van der Waals surface area contributed by atoms with E-state index in [0.29, 0.717) is 24.5 Å². The van der Waals surface area contributed by atoms with Crippen molar-refractivity contribution in [3.8, 4) is 0 Å². The first-order chi connectivity index (χ1) is 8.62. The van der Waals surface area contributed by atoms with Crippen LogP contribution in [0.5, 0.6) is 0 Å². The topological polar surface area (TPSA) is 52.6 Å². The van der Waals surface area contributed by atoms with Gasteiger partial charge in [0, 0.05) is 28.9 Å². The van der Waals surface area contributed by atoms with Gasteiger partial charge >= 0.3 is 5.97 Å². The molecule has 106 valence electrons. The van der Waals surface area contributed by atoms with E-state index in [1.807, 2.05) is 0 Å². The number of carbonyl (C=O) groups excluding carboxylic acids is 1. The van der Waals surface area contributed by atoms with Crippen LogP contribution in [0.4, 0.5) is 0 Å². The van der Waals surface area contributed by atoms with E-state index in [4.69, 9.17) is 4.74 Å². The summed E-state index contributed by atoms with van der Waals surface area (Å²) < 4.78 is 21.9. The first kappa shape index (κ1) is 15.6. The lowest BCUT2D eigenvalue weighted by molar-refractivity contribution is -0.141. The molecule has 1 atom stereocenters. The molecule has 5 heteroatoms. The zero-order chi connectivity index (χ0) is 13.4. The van der Waals surface area contributed by atoms with Crippen molar-refractivity contribution >= 4 is 16.8 Å². The molecule has 0 heterocycles. The van der Waals surface area contributed by atoms with Gasteiger partial charge in [-0.05, 0) is 24.7 Å². The molecule has 0 saturated heterocycles. The van der Waals surface area contributed by atoms with Crippen molar-refractivity contribution < 1.29 is 18.5 Å². The highest BCUT2D eigenvalue weighted by Crippen LogP contribution is 2.49. The molecule has 1 rings (SSSR count). The molecule has 0 spiro atoms. The molecule has 1 saturated carbocycles. The van der Waals surface area contributed by atoms with Crippen molar-refractivity contribution in [2.75, 3.05) is 31.8 Å². The zero-order valence-electron chi connectivity index (χ0n) is 11.4. The molecular formula is C13H24O4S. The van der Waals surface area contributed by atoms with Crippen LogP contribution in [0.3, 0.4) is 0 Å². The molecule has 0 aromatic heterocycles. The average Bonchev–Trinajstić information content (AvgIpc) is 3.08. The Morgan fingerprint density at radius 1 is 1.33 bits per heavy atom. The number of rotatable bonds is 10. The van der Waals surface area contributed by atoms with E-state index < -0.39 is 10.8 Å². The Kier molecular flexibility index (Phi) is 6.86. The van der Waals surface area contributed by atoms with Crippen molar-refractivity contribution in [3.05, 3.63) is 0 Å². The van der Waals surface area contributed by atoms with E-state index in [-0.39, 0.29) is 11.4 Å². The summed E-state index contributed by atoms with van der Waals surface area (Å²) in [6.07, 6.45) is 4.56. The Bertz CT molecular complexity index is 287. The van der Waals surface area contributed by atoms with Gasteiger partial charge in [0.15, 0.2) is 0 Å². The molecule has 0 aliphatic heterocycles. The number of hydrogen-bond donors (Lipinski definition) is 0. The molecule has 1 unspecified atom stereocenters. The number of ether oxygens (including phenoxy) is 2.